The van der Waals surface area contributed by atoms with Crippen molar-refractivity contribution in [1.82, 2.24) is 15.5 Å². The number of benzene rings is 2. The van der Waals surface area contributed by atoms with Gasteiger partial charge >= 0.3 is 5.97 Å². The minimum atomic E-state index is -1.04. The van der Waals surface area contributed by atoms with Crippen LogP contribution < -0.4 is 16.0 Å². The van der Waals surface area contributed by atoms with Crippen LogP contribution in [0.25, 0.3) is 0 Å². The number of nitrogens with one attached hydrogen (secondary N) is 3. The number of carbonyl (C=O) groups is 3. The van der Waals surface area contributed by atoms with E-state index in [0.717, 1.165) is 12.1 Å². The first kappa shape index (κ1) is 27.0. The number of carbonyl (C=O) groups excluding carboxylic acids is 2. The Labute approximate surface area is 201 Å². The van der Waals surface area contributed by atoms with E-state index in [4.69, 9.17) is 0 Å². The molecule has 8 heteroatoms. The summed E-state index contributed by atoms with van der Waals surface area (Å²) in [6.07, 6.45) is 2.17. The number of para-hydroxylation sites is 1. The summed E-state index contributed by atoms with van der Waals surface area (Å²) in [5.41, 5.74) is 1.70. The van der Waals surface area contributed by atoms with E-state index in [1.165, 1.54) is 6.92 Å². The average molecular weight is 469 g/mol. The van der Waals surface area contributed by atoms with E-state index in [0.29, 0.717) is 31.4 Å². The van der Waals surface area contributed by atoms with Gasteiger partial charge in [-0.15, -0.1) is 0 Å². The van der Waals surface area contributed by atoms with Crippen LogP contribution in [0.4, 0.5) is 5.69 Å². The quantitative estimate of drug-likeness (QED) is 0.339. The second-order valence-corrected chi connectivity index (χ2v) is 8.67. The third-order valence-corrected chi connectivity index (χ3v) is 5.48. The highest BCUT2D eigenvalue weighted by molar-refractivity contribution is 5.97. The molecule has 0 aliphatic heterocycles. The molecule has 0 fully saturated rings. The Balaban J connectivity index is 2.12. The lowest BCUT2D eigenvalue weighted by molar-refractivity contribution is -0.139. The molecule has 2 aromatic carbocycles. The fourth-order valence-corrected chi connectivity index (χ4v) is 3.52. The van der Waals surface area contributed by atoms with Crippen molar-refractivity contribution in [3.05, 3.63) is 66.2 Å². The summed E-state index contributed by atoms with van der Waals surface area (Å²) < 4.78 is 0. The molecule has 0 saturated carbocycles. The zero-order chi connectivity index (χ0) is 24.9. The fraction of sp³-hybridized carbons (Fsp3) is 0.423. The summed E-state index contributed by atoms with van der Waals surface area (Å²) in [6, 6.07) is 16.4. The molecule has 8 nitrogen and oxygen atoms in total. The van der Waals surface area contributed by atoms with E-state index in [1.807, 2.05) is 67.5 Å². The molecule has 0 spiro atoms. The van der Waals surface area contributed by atoms with Gasteiger partial charge < -0.3 is 20.6 Å². The molecule has 0 aliphatic rings. The number of rotatable bonds is 14. The van der Waals surface area contributed by atoms with Crippen LogP contribution in [0.3, 0.4) is 0 Å². The van der Waals surface area contributed by atoms with Crippen LogP contribution >= 0.6 is 0 Å². The molecule has 4 N–H and O–H groups in total. The van der Waals surface area contributed by atoms with Crippen molar-refractivity contribution in [3.8, 4) is 0 Å². The number of anilines is 1. The number of aliphatic carboxylic acids is 1. The first-order chi connectivity index (χ1) is 16.3. The van der Waals surface area contributed by atoms with Crippen molar-refractivity contribution in [2.75, 3.05) is 26.0 Å². The van der Waals surface area contributed by atoms with E-state index >= 15 is 0 Å². The van der Waals surface area contributed by atoms with Gasteiger partial charge in [0.2, 0.25) is 11.8 Å². The smallest absolute Gasteiger partial charge is 0.320 e. The molecule has 0 radical (unpaired) electrons. The molecule has 2 aromatic rings. The molecule has 0 aliphatic carbocycles. The monoisotopic (exact) mass is 468 g/mol. The zero-order valence-corrected chi connectivity index (χ0v) is 20.2. The molecule has 3 atom stereocenters. The van der Waals surface area contributed by atoms with Gasteiger partial charge in [-0.25, -0.2) is 0 Å². The molecule has 0 bridgehead atoms. The summed E-state index contributed by atoms with van der Waals surface area (Å²) in [5, 5.41) is 18.0. The summed E-state index contributed by atoms with van der Waals surface area (Å²) in [4.78, 5) is 39.7. The van der Waals surface area contributed by atoms with Crippen LogP contribution in [0.5, 0.6) is 0 Å². The van der Waals surface area contributed by atoms with E-state index in [2.05, 4.69) is 16.0 Å². The standard InChI is InChI=1S/C26H36N4O4/c1-19(26(33)34)27-23(17-16-20-11-6-4-7-12-20)25(32)29-22(15-10-18-30(2)3)24(31)28-21-13-8-5-9-14-21/h4-9,11-14,19,22-23,27H,10,15-18H2,1-3H3,(H,28,31)(H,29,32)(H,33,34)/t19-,22+,23+/m1/s1. The first-order valence-corrected chi connectivity index (χ1v) is 11.6. The molecule has 0 unspecified atom stereocenters. The number of carboxylic acids is 1. The summed E-state index contributed by atoms with van der Waals surface area (Å²) in [5.74, 6) is -1.73. The van der Waals surface area contributed by atoms with Crippen LogP contribution in [0.2, 0.25) is 0 Å². The third-order valence-electron chi connectivity index (χ3n) is 5.48. The Morgan fingerprint density at radius 3 is 2.09 bits per heavy atom. The molecule has 34 heavy (non-hydrogen) atoms. The number of nitrogens with zero attached hydrogens (tertiary/aromatic N) is 1. The Morgan fingerprint density at radius 1 is 0.882 bits per heavy atom. The number of aryl methyl sites for hydroxylation is 1. The second kappa shape index (κ2) is 14.1. The van der Waals surface area contributed by atoms with Gasteiger partial charge in [-0.2, -0.15) is 0 Å². The minimum absolute atomic E-state index is 0.300. The average Bonchev–Trinajstić information content (AvgIpc) is 2.81. The summed E-state index contributed by atoms with van der Waals surface area (Å²) in [7, 11) is 3.91. The molecular formula is C26H36N4O4. The maximum absolute atomic E-state index is 13.2. The Morgan fingerprint density at radius 2 is 1.50 bits per heavy atom. The lowest BCUT2D eigenvalue weighted by atomic mass is 10.0. The van der Waals surface area contributed by atoms with Gasteiger partial charge in [-0.3, -0.25) is 19.7 Å². The molecule has 184 valence electrons. The third kappa shape index (κ3) is 9.72. The van der Waals surface area contributed by atoms with E-state index in [-0.39, 0.29) is 11.8 Å². The molecular weight excluding hydrogens is 432 g/mol. The van der Waals surface area contributed by atoms with Crippen LogP contribution in [0.15, 0.2) is 60.7 Å². The van der Waals surface area contributed by atoms with Gasteiger partial charge in [0, 0.05) is 5.69 Å². The van der Waals surface area contributed by atoms with Gasteiger partial charge in [0.15, 0.2) is 0 Å². The van der Waals surface area contributed by atoms with Gasteiger partial charge in [-0.05, 0) is 70.9 Å². The normalized spacial score (nSPS) is 13.6. The summed E-state index contributed by atoms with van der Waals surface area (Å²) >= 11 is 0. The minimum Gasteiger partial charge on any atom is -0.480 e. The highest BCUT2D eigenvalue weighted by Crippen LogP contribution is 2.10. The van der Waals surface area contributed by atoms with E-state index < -0.39 is 24.1 Å². The predicted octanol–water partition coefficient (Wildman–Crippen LogP) is 2.52. The van der Waals surface area contributed by atoms with Gasteiger partial charge in [-0.1, -0.05) is 48.5 Å². The van der Waals surface area contributed by atoms with Crippen LogP contribution in [0.1, 0.15) is 31.7 Å². The van der Waals surface area contributed by atoms with Crippen LogP contribution in [-0.2, 0) is 20.8 Å². The molecule has 0 heterocycles. The lowest BCUT2D eigenvalue weighted by Crippen LogP contribution is -2.54. The van der Waals surface area contributed by atoms with Crippen molar-refractivity contribution in [3.63, 3.8) is 0 Å². The SMILES string of the molecule is C[C@@H](N[C@@H](CCc1ccccc1)C(=O)N[C@@H](CCCN(C)C)C(=O)Nc1ccccc1)C(=O)O. The number of hydrogen-bond acceptors (Lipinski definition) is 5. The predicted molar refractivity (Wildman–Crippen MR) is 134 cm³/mol. The highest BCUT2D eigenvalue weighted by atomic mass is 16.4. The Kier molecular flexibility index (Phi) is 11.2. The van der Waals surface area contributed by atoms with Crippen molar-refractivity contribution in [2.24, 2.45) is 0 Å². The first-order valence-electron chi connectivity index (χ1n) is 11.6. The van der Waals surface area contributed by atoms with Crippen molar-refractivity contribution >= 4 is 23.5 Å². The maximum Gasteiger partial charge on any atom is 0.320 e. The Hall–Kier alpha value is -3.23. The largest absolute Gasteiger partial charge is 0.480 e. The van der Waals surface area contributed by atoms with Crippen molar-refractivity contribution in [1.29, 1.82) is 0 Å². The van der Waals surface area contributed by atoms with Gasteiger partial charge in [0.25, 0.3) is 0 Å². The summed E-state index contributed by atoms with van der Waals surface area (Å²) in [6.45, 7) is 2.28. The van der Waals surface area contributed by atoms with Crippen molar-refractivity contribution in [2.45, 2.75) is 50.7 Å². The Bertz CT molecular complexity index is 906. The number of amides is 2. The van der Waals surface area contributed by atoms with Crippen LogP contribution in [-0.4, -0.2) is 66.6 Å². The van der Waals surface area contributed by atoms with E-state index in [1.54, 1.807) is 12.1 Å². The molecule has 2 rings (SSSR count). The number of hydrogen-bond donors (Lipinski definition) is 4. The van der Waals surface area contributed by atoms with Crippen LogP contribution in [0, 0.1) is 0 Å². The maximum atomic E-state index is 13.2. The fourth-order valence-electron chi connectivity index (χ4n) is 3.52. The second-order valence-electron chi connectivity index (χ2n) is 8.67. The van der Waals surface area contributed by atoms with Gasteiger partial charge in [0.05, 0.1) is 6.04 Å². The van der Waals surface area contributed by atoms with Crippen molar-refractivity contribution < 1.29 is 19.5 Å². The molecule has 0 saturated heterocycles. The molecule has 2 amide bonds. The lowest BCUT2D eigenvalue weighted by Gasteiger charge is -2.25. The van der Waals surface area contributed by atoms with E-state index in [9.17, 15) is 19.5 Å². The molecule has 0 aromatic heterocycles. The highest BCUT2D eigenvalue weighted by Gasteiger charge is 2.27. The zero-order valence-electron chi connectivity index (χ0n) is 20.2. The van der Waals surface area contributed by atoms with Gasteiger partial charge in [0.1, 0.15) is 12.1 Å². The topological polar surface area (TPSA) is 111 Å². The number of carboxylic acid groups (broad SMARTS) is 1.